The van der Waals surface area contributed by atoms with Crippen molar-refractivity contribution in [3.05, 3.63) is 82.6 Å². The minimum atomic E-state index is -0.349. The van der Waals surface area contributed by atoms with E-state index in [-0.39, 0.29) is 18.6 Å². The Morgan fingerprint density at radius 3 is 2.42 bits per heavy atom. The molecule has 2 N–H and O–H groups in total. The van der Waals surface area contributed by atoms with Gasteiger partial charge in [-0.25, -0.2) is 4.79 Å². The van der Waals surface area contributed by atoms with Crippen LogP contribution in [0.2, 0.25) is 0 Å². The van der Waals surface area contributed by atoms with Crippen molar-refractivity contribution in [2.45, 2.75) is 32.9 Å². The van der Waals surface area contributed by atoms with Crippen LogP contribution in [-0.2, 0) is 22.6 Å². The van der Waals surface area contributed by atoms with Crippen LogP contribution in [-0.4, -0.2) is 11.1 Å². The van der Waals surface area contributed by atoms with Crippen molar-refractivity contribution in [1.82, 2.24) is 10.6 Å². The summed E-state index contributed by atoms with van der Waals surface area (Å²) < 4.78 is 5.55. The summed E-state index contributed by atoms with van der Waals surface area (Å²) in [5.41, 5.74) is 4.46. The molecule has 3 rings (SSSR count). The molecule has 0 saturated carbocycles. The Kier molecular flexibility index (Phi) is 5.68. The highest BCUT2D eigenvalue weighted by Gasteiger charge is 2.30. The molecule has 2 aromatic rings. The predicted octanol–water partition coefficient (Wildman–Crippen LogP) is 3.79. The molecule has 26 heavy (non-hydrogen) atoms. The Morgan fingerprint density at radius 2 is 1.77 bits per heavy atom. The number of carbonyl (C=O) groups is 1. The van der Waals surface area contributed by atoms with Crippen molar-refractivity contribution in [1.29, 1.82) is 0 Å². The van der Waals surface area contributed by atoms with Crippen LogP contribution >= 0.6 is 12.2 Å². The maximum Gasteiger partial charge on any atom is 0.338 e. The second kappa shape index (κ2) is 8.15. The largest absolute Gasteiger partial charge is 0.457 e. The first-order chi connectivity index (χ1) is 12.6. The topological polar surface area (TPSA) is 50.4 Å². The van der Waals surface area contributed by atoms with E-state index in [1.54, 1.807) is 0 Å². The van der Waals surface area contributed by atoms with Crippen molar-refractivity contribution < 1.29 is 9.53 Å². The number of hydrogen-bond acceptors (Lipinski definition) is 3. The Labute approximate surface area is 159 Å². The lowest BCUT2D eigenvalue weighted by molar-refractivity contribution is -0.140. The Morgan fingerprint density at radius 1 is 1.08 bits per heavy atom. The maximum atomic E-state index is 12.8. The van der Waals surface area contributed by atoms with Crippen LogP contribution in [0.3, 0.4) is 0 Å². The smallest absolute Gasteiger partial charge is 0.338 e. The summed E-state index contributed by atoms with van der Waals surface area (Å²) in [6, 6.07) is 17.5. The van der Waals surface area contributed by atoms with Gasteiger partial charge in [-0.3, -0.25) is 0 Å². The van der Waals surface area contributed by atoms with Gasteiger partial charge in [0.25, 0.3) is 0 Å². The zero-order valence-corrected chi connectivity index (χ0v) is 15.7. The fourth-order valence-corrected chi connectivity index (χ4v) is 3.23. The Bertz CT molecular complexity index is 829. The predicted molar refractivity (Wildman–Crippen MR) is 106 cm³/mol. The van der Waals surface area contributed by atoms with E-state index in [0.717, 1.165) is 23.2 Å². The number of carbonyl (C=O) groups excluding carboxylic acids is 1. The van der Waals surface area contributed by atoms with Crippen LogP contribution in [0.25, 0.3) is 0 Å². The maximum absolute atomic E-state index is 12.8. The SMILES string of the molecule is CCc1ccc(C2NC(=S)NC(C)=C2C(=O)OCc2ccccc2)cc1. The lowest BCUT2D eigenvalue weighted by atomic mass is 9.94. The normalized spacial score (nSPS) is 16.7. The van der Waals surface area contributed by atoms with Crippen LogP contribution < -0.4 is 10.6 Å². The first-order valence-electron chi connectivity index (χ1n) is 8.66. The quantitative estimate of drug-likeness (QED) is 0.623. The highest BCUT2D eigenvalue weighted by atomic mass is 32.1. The number of rotatable bonds is 5. The van der Waals surface area contributed by atoms with E-state index in [0.29, 0.717) is 10.7 Å². The molecule has 0 aliphatic carbocycles. The van der Waals surface area contributed by atoms with Gasteiger partial charge in [0, 0.05) is 5.70 Å². The van der Waals surface area contributed by atoms with Crippen LogP contribution in [0.5, 0.6) is 0 Å². The highest BCUT2D eigenvalue weighted by molar-refractivity contribution is 7.80. The first kappa shape index (κ1) is 18.1. The fourth-order valence-electron chi connectivity index (χ4n) is 2.96. The molecule has 0 spiro atoms. The standard InChI is InChI=1S/C21H22N2O2S/c1-3-15-9-11-17(12-10-15)19-18(14(2)22-21(26)23-19)20(24)25-13-16-7-5-4-6-8-16/h4-12,19H,3,13H2,1-2H3,(H2,22,23,26). The number of allylic oxidation sites excluding steroid dienone is 1. The van der Waals surface area contributed by atoms with Gasteiger partial charge < -0.3 is 15.4 Å². The Balaban J connectivity index is 1.83. The van der Waals surface area contributed by atoms with Gasteiger partial charge in [0.1, 0.15) is 6.61 Å². The van der Waals surface area contributed by atoms with Gasteiger partial charge in [-0.05, 0) is 42.3 Å². The van der Waals surface area contributed by atoms with Gasteiger partial charge in [0.2, 0.25) is 0 Å². The number of esters is 1. The van der Waals surface area contributed by atoms with Crippen LogP contribution in [0.4, 0.5) is 0 Å². The zero-order valence-electron chi connectivity index (χ0n) is 14.9. The van der Waals surface area contributed by atoms with Crippen molar-refractivity contribution in [2.24, 2.45) is 0 Å². The van der Waals surface area contributed by atoms with Gasteiger partial charge in [-0.2, -0.15) is 0 Å². The molecule has 1 unspecified atom stereocenters. The molecule has 0 fully saturated rings. The number of ether oxygens (including phenoxy) is 1. The van der Waals surface area contributed by atoms with Crippen LogP contribution in [0, 0.1) is 0 Å². The summed E-state index contributed by atoms with van der Waals surface area (Å²) in [6.45, 7) is 4.20. The van der Waals surface area contributed by atoms with E-state index in [1.807, 2.05) is 49.4 Å². The number of nitrogens with one attached hydrogen (secondary N) is 2. The molecule has 1 atom stereocenters. The molecule has 0 amide bonds. The summed E-state index contributed by atoms with van der Waals surface area (Å²) in [7, 11) is 0. The third-order valence-electron chi connectivity index (χ3n) is 4.42. The minimum absolute atomic E-state index is 0.238. The zero-order chi connectivity index (χ0) is 18.5. The molecule has 1 heterocycles. The highest BCUT2D eigenvalue weighted by Crippen LogP contribution is 2.28. The third kappa shape index (κ3) is 4.11. The molecule has 0 radical (unpaired) electrons. The lowest BCUT2D eigenvalue weighted by Gasteiger charge is -2.30. The Hall–Kier alpha value is -2.66. The molecular formula is C21H22N2O2S. The van der Waals surface area contributed by atoms with E-state index >= 15 is 0 Å². The fraction of sp³-hybridized carbons (Fsp3) is 0.238. The van der Waals surface area contributed by atoms with Crippen LogP contribution in [0.1, 0.15) is 36.6 Å². The summed E-state index contributed by atoms with van der Waals surface area (Å²) >= 11 is 5.28. The van der Waals surface area contributed by atoms with Crippen molar-refractivity contribution >= 4 is 23.3 Å². The van der Waals surface area contributed by atoms with Crippen molar-refractivity contribution in [2.75, 3.05) is 0 Å². The molecule has 2 aromatic carbocycles. The molecule has 1 aliphatic rings. The number of aryl methyl sites for hydroxylation is 1. The minimum Gasteiger partial charge on any atom is -0.457 e. The summed E-state index contributed by atoms with van der Waals surface area (Å²) in [4.78, 5) is 12.8. The molecule has 4 nitrogen and oxygen atoms in total. The molecular weight excluding hydrogens is 344 g/mol. The molecule has 0 saturated heterocycles. The van der Waals surface area contributed by atoms with Crippen molar-refractivity contribution in [3.63, 3.8) is 0 Å². The lowest BCUT2D eigenvalue weighted by Crippen LogP contribution is -2.45. The second-order valence-corrected chi connectivity index (χ2v) is 6.64. The van der Waals surface area contributed by atoms with Crippen molar-refractivity contribution in [3.8, 4) is 0 Å². The molecule has 0 bridgehead atoms. The summed E-state index contributed by atoms with van der Waals surface area (Å²) in [5.74, 6) is -0.349. The van der Waals surface area contributed by atoms with E-state index in [1.165, 1.54) is 5.56 Å². The van der Waals surface area contributed by atoms with Crippen LogP contribution in [0.15, 0.2) is 65.9 Å². The van der Waals surface area contributed by atoms with Gasteiger partial charge in [-0.1, -0.05) is 61.5 Å². The van der Waals surface area contributed by atoms with Gasteiger partial charge in [-0.15, -0.1) is 0 Å². The third-order valence-corrected chi connectivity index (χ3v) is 4.64. The number of thiocarbonyl (C=S) groups is 1. The number of hydrogen-bond donors (Lipinski definition) is 2. The monoisotopic (exact) mass is 366 g/mol. The molecule has 0 aromatic heterocycles. The van der Waals surface area contributed by atoms with Gasteiger partial charge in [0.05, 0.1) is 11.6 Å². The molecule has 1 aliphatic heterocycles. The summed E-state index contributed by atoms with van der Waals surface area (Å²) in [6.07, 6.45) is 0.971. The van der Waals surface area contributed by atoms with Gasteiger partial charge >= 0.3 is 5.97 Å². The second-order valence-electron chi connectivity index (χ2n) is 6.23. The first-order valence-corrected chi connectivity index (χ1v) is 9.07. The van der Waals surface area contributed by atoms with E-state index < -0.39 is 0 Å². The molecule has 5 heteroatoms. The average Bonchev–Trinajstić information content (AvgIpc) is 2.66. The van der Waals surface area contributed by atoms with E-state index in [9.17, 15) is 4.79 Å². The molecule has 134 valence electrons. The van der Waals surface area contributed by atoms with Gasteiger partial charge in [0.15, 0.2) is 5.11 Å². The summed E-state index contributed by atoms with van der Waals surface area (Å²) in [5, 5.41) is 6.73. The van der Waals surface area contributed by atoms with E-state index in [4.69, 9.17) is 17.0 Å². The van der Waals surface area contributed by atoms with E-state index in [2.05, 4.69) is 29.7 Å². The number of benzene rings is 2. The average molecular weight is 366 g/mol.